The van der Waals surface area contributed by atoms with Crippen LogP contribution in [0.5, 0.6) is 11.5 Å². The Morgan fingerprint density at radius 3 is 2.69 bits per heavy atom. The van der Waals surface area contributed by atoms with Crippen molar-refractivity contribution in [1.82, 2.24) is 9.80 Å². The zero-order valence-electron chi connectivity index (χ0n) is 20.8. The molecule has 190 valence electrons. The van der Waals surface area contributed by atoms with Crippen LogP contribution in [0.15, 0.2) is 36.4 Å². The minimum Gasteiger partial charge on any atom is -0.504 e. The predicted molar refractivity (Wildman–Crippen MR) is 136 cm³/mol. The lowest BCUT2D eigenvalue weighted by atomic mass is 9.48. The van der Waals surface area contributed by atoms with Crippen LogP contribution in [0.1, 0.15) is 48.8 Å². The second kappa shape index (κ2) is 7.62. The van der Waals surface area contributed by atoms with E-state index in [2.05, 4.69) is 4.90 Å². The summed E-state index contributed by atoms with van der Waals surface area (Å²) in [6.45, 7) is 1.96. The third-order valence-electron chi connectivity index (χ3n) is 9.96. The van der Waals surface area contributed by atoms with Crippen molar-refractivity contribution in [3.8, 4) is 11.5 Å². The zero-order valence-corrected chi connectivity index (χ0v) is 20.8. The van der Waals surface area contributed by atoms with Gasteiger partial charge in [0.15, 0.2) is 11.5 Å². The van der Waals surface area contributed by atoms with Gasteiger partial charge in [-0.1, -0.05) is 18.2 Å². The van der Waals surface area contributed by atoms with Gasteiger partial charge in [-0.3, -0.25) is 9.69 Å². The highest BCUT2D eigenvalue weighted by Crippen LogP contribution is 2.66. The van der Waals surface area contributed by atoms with Crippen molar-refractivity contribution in [3.05, 3.63) is 53.1 Å². The molecule has 1 spiro atoms. The van der Waals surface area contributed by atoms with Gasteiger partial charge in [0.2, 0.25) is 5.91 Å². The fourth-order valence-corrected chi connectivity index (χ4v) is 7.97. The molecule has 0 unspecified atom stereocenters. The number of nitrogens with zero attached hydrogens (tertiary/aromatic N) is 2. The zero-order chi connectivity index (χ0) is 24.8. The number of likely N-dealkylation sites (N-methyl/N-ethyl adjacent to an activating group) is 1. The van der Waals surface area contributed by atoms with E-state index in [4.69, 9.17) is 10.5 Å². The summed E-state index contributed by atoms with van der Waals surface area (Å²) in [5, 5.41) is 23.4. The Morgan fingerprint density at radius 1 is 1.17 bits per heavy atom. The van der Waals surface area contributed by atoms with Crippen molar-refractivity contribution in [2.75, 3.05) is 25.9 Å². The van der Waals surface area contributed by atoms with Crippen LogP contribution in [0, 0.1) is 5.92 Å². The molecule has 7 rings (SSSR count). The number of piperidine rings is 1. The van der Waals surface area contributed by atoms with Crippen molar-refractivity contribution in [2.45, 2.75) is 74.1 Å². The Hall–Kier alpha value is -2.77. The molecule has 3 aliphatic carbocycles. The first-order valence-electron chi connectivity index (χ1n) is 13.4. The van der Waals surface area contributed by atoms with Crippen LogP contribution in [-0.4, -0.2) is 69.8 Å². The first-order valence-corrected chi connectivity index (χ1v) is 13.4. The van der Waals surface area contributed by atoms with Crippen molar-refractivity contribution in [3.63, 3.8) is 0 Å². The third kappa shape index (κ3) is 2.96. The van der Waals surface area contributed by atoms with Crippen LogP contribution in [0.3, 0.4) is 0 Å². The van der Waals surface area contributed by atoms with Crippen LogP contribution in [0.2, 0.25) is 0 Å². The molecule has 36 heavy (non-hydrogen) atoms. The number of aliphatic hydroxyl groups is 1. The molecule has 4 N–H and O–H groups in total. The van der Waals surface area contributed by atoms with Gasteiger partial charge < -0.3 is 25.6 Å². The number of carbonyl (C=O) groups excluding carboxylic acids is 1. The fraction of sp³-hybridized carbons (Fsp3) is 0.552. The topological polar surface area (TPSA) is 99.3 Å². The highest BCUT2D eigenvalue weighted by Gasteiger charge is 2.73. The average Bonchev–Trinajstić information content (AvgIpc) is 3.60. The molecule has 2 bridgehead atoms. The standard InChI is InChI=1S/C29H35N3O4/c1-31(24(34)14-17-4-7-20(30)8-5-17)21-10-11-29(35)23-15-19-6-9-22(33)26-25(19)28(29,27(21)36-26)12-13-32(23)16-18-2-3-18/h4-9,18,21,23,27,33,35H,2-3,10-16,30H2,1H3/t21-,23-,27+,28+,29-/m1/s1. The Balaban J connectivity index is 1.26. The number of nitrogen functional groups attached to an aromatic ring is 1. The largest absolute Gasteiger partial charge is 0.504 e. The maximum absolute atomic E-state index is 13.4. The van der Waals surface area contributed by atoms with E-state index < -0.39 is 11.0 Å². The number of amides is 1. The Bertz CT molecular complexity index is 1230. The number of carbonyl (C=O) groups is 1. The number of ether oxygens (including phenoxy) is 1. The van der Waals surface area contributed by atoms with Gasteiger partial charge in [0.25, 0.3) is 0 Å². The van der Waals surface area contributed by atoms with Gasteiger partial charge in [-0.05, 0) is 80.3 Å². The van der Waals surface area contributed by atoms with Crippen LogP contribution in [-0.2, 0) is 23.1 Å². The Morgan fingerprint density at radius 2 is 1.94 bits per heavy atom. The lowest BCUT2D eigenvalue weighted by molar-refractivity contribution is -0.200. The summed E-state index contributed by atoms with van der Waals surface area (Å²) in [5.74, 6) is 1.43. The molecule has 2 aromatic carbocycles. The Kier molecular flexibility index (Phi) is 4.75. The van der Waals surface area contributed by atoms with E-state index >= 15 is 0 Å². The van der Waals surface area contributed by atoms with Crippen molar-refractivity contribution in [1.29, 1.82) is 0 Å². The summed E-state index contributed by atoms with van der Waals surface area (Å²) in [5.41, 5.74) is 8.05. The van der Waals surface area contributed by atoms with Gasteiger partial charge in [0, 0.05) is 30.9 Å². The molecule has 5 aliphatic rings. The van der Waals surface area contributed by atoms with Crippen LogP contribution in [0.4, 0.5) is 5.69 Å². The monoisotopic (exact) mass is 489 g/mol. The minimum atomic E-state index is -0.936. The number of aromatic hydroxyl groups is 1. The predicted octanol–water partition coefficient (Wildman–Crippen LogP) is 2.61. The second-order valence-electron chi connectivity index (χ2n) is 11.8. The first kappa shape index (κ1) is 22.4. The SMILES string of the molecule is CN(C(=O)Cc1ccc(N)cc1)[C@@H]1CC[C@@]2(O)[C@H]3Cc4ccc(O)c5c4[C@@]2(CCN3CC2CC2)[C@H]1O5. The van der Waals surface area contributed by atoms with E-state index in [-0.39, 0.29) is 29.8 Å². The second-order valence-corrected chi connectivity index (χ2v) is 11.8. The lowest BCUT2D eigenvalue weighted by Crippen LogP contribution is -2.78. The summed E-state index contributed by atoms with van der Waals surface area (Å²) in [6.07, 6.45) is 5.33. The minimum absolute atomic E-state index is 0.0224. The van der Waals surface area contributed by atoms with Gasteiger partial charge in [-0.2, -0.15) is 0 Å². The van der Waals surface area contributed by atoms with E-state index in [1.807, 2.05) is 42.3 Å². The van der Waals surface area contributed by atoms with Gasteiger partial charge >= 0.3 is 0 Å². The molecular weight excluding hydrogens is 454 g/mol. The number of rotatable bonds is 5. The molecule has 0 radical (unpaired) electrons. The summed E-state index contributed by atoms with van der Waals surface area (Å²) in [6, 6.07) is 11.0. The summed E-state index contributed by atoms with van der Waals surface area (Å²) >= 11 is 0. The number of benzene rings is 2. The van der Waals surface area contributed by atoms with Crippen LogP contribution in [0.25, 0.3) is 0 Å². The molecule has 1 saturated heterocycles. The highest BCUT2D eigenvalue weighted by molar-refractivity contribution is 5.79. The number of likely N-dealkylation sites (tertiary alicyclic amines) is 1. The van der Waals surface area contributed by atoms with Gasteiger partial charge in [0.05, 0.1) is 23.5 Å². The van der Waals surface area contributed by atoms with Crippen LogP contribution < -0.4 is 10.5 Å². The molecule has 2 heterocycles. The van der Waals surface area contributed by atoms with E-state index in [1.54, 1.807) is 6.07 Å². The summed E-state index contributed by atoms with van der Waals surface area (Å²) < 4.78 is 6.61. The molecule has 2 aliphatic heterocycles. The molecule has 2 saturated carbocycles. The van der Waals surface area contributed by atoms with Gasteiger partial charge in [0.1, 0.15) is 6.10 Å². The first-order chi connectivity index (χ1) is 17.3. The number of anilines is 1. The maximum Gasteiger partial charge on any atom is 0.227 e. The average molecular weight is 490 g/mol. The maximum atomic E-state index is 13.4. The molecule has 7 nitrogen and oxygen atoms in total. The third-order valence-corrected chi connectivity index (χ3v) is 9.96. The number of hydrogen-bond acceptors (Lipinski definition) is 6. The Labute approximate surface area is 211 Å². The quantitative estimate of drug-likeness (QED) is 0.559. The summed E-state index contributed by atoms with van der Waals surface area (Å²) in [7, 11) is 1.86. The lowest BCUT2D eigenvalue weighted by Gasteiger charge is -2.64. The van der Waals surface area contributed by atoms with E-state index in [9.17, 15) is 15.0 Å². The number of phenolic OH excluding ortho intramolecular Hbond substituents is 1. The number of hydrogen-bond donors (Lipinski definition) is 3. The van der Waals surface area contributed by atoms with Gasteiger partial charge in [-0.15, -0.1) is 0 Å². The molecule has 2 aromatic rings. The molecule has 3 fully saturated rings. The fourth-order valence-electron chi connectivity index (χ4n) is 7.97. The van der Waals surface area contributed by atoms with Crippen molar-refractivity contribution in [2.24, 2.45) is 5.92 Å². The molecule has 0 aromatic heterocycles. The van der Waals surface area contributed by atoms with Crippen LogP contribution >= 0.6 is 0 Å². The normalized spacial score (nSPS) is 34.1. The number of phenols is 1. The van der Waals surface area contributed by atoms with E-state index in [1.165, 1.54) is 18.4 Å². The van der Waals surface area contributed by atoms with Crippen molar-refractivity contribution >= 4 is 11.6 Å². The highest BCUT2D eigenvalue weighted by atomic mass is 16.5. The molecule has 7 heteroatoms. The van der Waals surface area contributed by atoms with Gasteiger partial charge in [-0.25, -0.2) is 0 Å². The van der Waals surface area contributed by atoms with Crippen molar-refractivity contribution < 1.29 is 19.7 Å². The summed E-state index contributed by atoms with van der Waals surface area (Å²) in [4.78, 5) is 17.8. The smallest absolute Gasteiger partial charge is 0.227 e. The molecule has 1 amide bonds. The molecular formula is C29H35N3O4. The number of nitrogens with two attached hydrogens (primary N) is 1. The molecule has 5 atom stereocenters. The van der Waals surface area contributed by atoms with E-state index in [0.29, 0.717) is 30.7 Å². The van der Waals surface area contributed by atoms with E-state index in [0.717, 1.165) is 43.0 Å².